The lowest BCUT2D eigenvalue weighted by molar-refractivity contribution is -0.767. The van der Waals surface area contributed by atoms with Crippen molar-refractivity contribution in [3.63, 3.8) is 0 Å². The van der Waals surface area contributed by atoms with Crippen molar-refractivity contribution in [2.45, 2.75) is 45.0 Å². The zero-order valence-electron chi connectivity index (χ0n) is 18.3. The number of esters is 1. The van der Waals surface area contributed by atoms with Gasteiger partial charge in [-0.15, -0.1) is 23.3 Å². The summed E-state index contributed by atoms with van der Waals surface area (Å²) in [7, 11) is 0. The third kappa shape index (κ3) is 8.38. The van der Waals surface area contributed by atoms with Gasteiger partial charge in [-0.1, -0.05) is 0 Å². The number of halogens is 6. The molecule has 0 amide bonds. The number of benzene rings is 1. The van der Waals surface area contributed by atoms with E-state index in [1.54, 1.807) is 0 Å². The van der Waals surface area contributed by atoms with Gasteiger partial charge in [0, 0.05) is 12.0 Å². The zero-order chi connectivity index (χ0) is 27.3. The third-order valence-corrected chi connectivity index (χ3v) is 4.25. The van der Waals surface area contributed by atoms with E-state index >= 15 is 0 Å². The van der Waals surface area contributed by atoms with Crippen LogP contribution in [-0.2, 0) is 23.8 Å². The number of carbonyl (C=O) groups is 2. The Labute approximate surface area is 197 Å². The van der Waals surface area contributed by atoms with Gasteiger partial charge in [0.2, 0.25) is 12.9 Å². The van der Waals surface area contributed by atoms with Gasteiger partial charge >= 0.3 is 24.7 Å². The molecule has 1 aliphatic rings. The van der Waals surface area contributed by atoms with Gasteiger partial charge in [0.1, 0.15) is 17.6 Å². The minimum atomic E-state index is -5.13. The topological polar surface area (TPSA) is 133 Å². The first-order chi connectivity index (χ1) is 16.6. The molecule has 0 spiro atoms. The fourth-order valence-corrected chi connectivity index (χ4v) is 2.83. The Morgan fingerprint density at radius 3 is 2.39 bits per heavy atom. The first kappa shape index (κ1) is 28.3. The molecule has 2 atom stereocenters. The van der Waals surface area contributed by atoms with Crippen LogP contribution in [0.1, 0.15) is 24.5 Å². The normalized spacial score (nSPS) is 16.0. The molecule has 2 rings (SSSR count). The van der Waals surface area contributed by atoms with Gasteiger partial charge in [-0.25, -0.2) is 9.59 Å². The highest BCUT2D eigenvalue weighted by molar-refractivity contribution is 5.96. The van der Waals surface area contributed by atoms with E-state index in [4.69, 9.17) is 4.74 Å². The Balaban J connectivity index is 2.07. The molecule has 0 radical (unpaired) electrons. The van der Waals surface area contributed by atoms with Crippen LogP contribution in [0.15, 0.2) is 17.7 Å². The number of carbonyl (C=O) groups excluding carboxylic acids is 2. The number of nitrogens with zero attached hydrogens (tertiary/aromatic N) is 1. The Bertz CT molecular complexity index is 1020. The summed E-state index contributed by atoms with van der Waals surface area (Å²) < 4.78 is 100. The first-order valence-corrected chi connectivity index (χ1v) is 9.70. The van der Waals surface area contributed by atoms with Gasteiger partial charge in [-0.05, 0) is 37.6 Å². The van der Waals surface area contributed by atoms with E-state index < -0.39 is 72.4 Å². The Kier molecular flexibility index (Phi) is 8.82. The van der Waals surface area contributed by atoms with E-state index in [1.165, 1.54) is 13.8 Å². The maximum Gasteiger partial charge on any atom is 0.573 e. The van der Waals surface area contributed by atoms with Gasteiger partial charge in [0.15, 0.2) is 0 Å². The number of alkyl halides is 6. The summed E-state index contributed by atoms with van der Waals surface area (Å²) in [6.07, 6.45) is -14.9. The van der Waals surface area contributed by atoms with Gasteiger partial charge < -0.3 is 28.5 Å². The molecule has 36 heavy (non-hydrogen) atoms. The van der Waals surface area contributed by atoms with Crippen molar-refractivity contribution in [2.75, 3.05) is 13.4 Å². The quantitative estimate of drug-likeness (QED) is 0.149. The number of ether oxygens (including phenoxy) is 5. The summed E-state index contributed by atoms with van der Waals surface area (Å²) in [5, 5.41) is 9.10. The van der Waals surface area contributed by atoms with Gasteiger partial charge in [-0.3, -0.25) is 0 Å². The highest BCUT2D eigenvalue weighted by Gasteiger charge is 2.49. The van der Waals surface area contributed by atoms with Crippen molar-refractivity contribution in [1.82, 2.24) is 0 Å². The second-order valence-corrected chi connectivity index (χ2v) is 7.07. The predicted octanol–water partition coefficient (Wildman–Crippen LogP) is 4.24. The lowest BCUT2D eigenvalue weighted by Crippen LogP contribution is -2.41. The summed E-state index contributed by atoms with van der Waals surface area (Å²) in [5.41, 5.74) is -1.59. The highest BCUT2D eigenvalue weighted by atomic mass is 19.4. The number of hydrogen-bond donors (Lipinski definition) is 0. The number of fused-ring (bicyclic) bond motifs is 1. The molecule has 1 aromatic rings. The molecule has 11 nitrogen and oxygen atoms in total. The molecule has 0 saturated heterocycles. The molecule has 1 heterocycles. The highest BCUT2D eigenvalue weighted by Crippen LogP contribution is 2.41. The smallest absolute Gasteiger partial charge is 0.475 e. The fourth-order valence-electron chi connectivity index (χ4n) is 2.83. The maximum absolute atomic E-state index is 13.5. The van der Waals surface area contributed by atoms with Crippen molar-refractivity contribution in [1.29, 1.82) is 0 Å². The van der Waals surface area contributed by atoms with Crippen LogP contribution >= 0.6 is 0 Å². The van der Waals surface area contributed by atoms with E-state index in [-0.39, 0.29) is 17.5 Å². The standard InChI is InChI=1S/C19H17F6NO10/c1-9-5-12(35-19(23,24)25)6-11-7-13(15(18(20,21)22)34-14(9)11)16(27)32-8-33-17(28)31-4-3-10(2)36-26(29)30/h5-7,10,15H,3-4,8H2,1-2H3/t10-,15-/m0/s1. The molecular weight excluding hydrogens is 516 g/mol. The van der Waals surface area contributed by atoms with Crippen molar-refractivity contribution >= 4 is 18.2 Å². The monoisotopic (exact) mass is 533 g/mol. The minimum absolute atomic E-state index is 0.105. The van der Waals surface area contributed by atoms with Crippen molar-refractivity contribution < 1.29 is 69.5 Å². The average molecular weight is 533 g/mol. The van der Waals surface area contributed by atoms with Crippen LogP contribution in [0.3, 0.4) is 0 Å². The van der Waals surface area contributed by atoms with Crippen LogP contribution in [0, 0.1) is 17.0 Å². The van der Waals surface area contributed by atoms with Crippen LogP contribution in [0.5, 0.6) is 11.5 Å². The molecule has 0 bridgehead atoms. The molecule has 17 heteroatoms. The Hall–Kier alpha value is -3.92. The molecule has 200 valence electrons. The van der Waals surface area contributed by atoms with E-state index in [0.29, 0.717) is 12.1 Å². The van der Waals surface area contributed by atoms with E-state index in [0.717, 1.165) is 6.07 Å². The lowest BCUT2D eigenvalue weighted by atomic mass is 9.99. The molecule has 0 aromatic heterocycles. The molecule has 0 saturated carbocycles. The summed E-state index contributed by atoms with van der Waals surface area (Å²) in [6, 6.07) is 1.52. The summed E-state index contributed by atoms with van der Waals surface area (Å²) in [6.45, 7) is 0.906. The molecule has 1 aliphatic heterocycles. The summed E-state index contributed by atoms with van der Waals surface area (Å²) in [5.74, 6) is -2.84. The van der Waals surface area contributed by atoms with Crippen LogP contribution in [-0.4, -0.2) is 55.4 Å². The molecule has 1 aromatic carbocycles. The summed E-state index contributed by atoms with van der Waals surface area (Å²) >= 11 is 0. The molecule has 0 aliphatic carbocycles. The second-order valence-electron chi connectivity index (χ2n) is 7.07. The van der Waals surface area contributed by atoms with Crippen LogP contribution in [0.4, 0.5) is 31.1 Å². The van der Waals surface area contributed by atoms with Crippen LogP contribution < -0.4 is 9.47 Å². The zero-order valence-corrected chi connectivity index (χ0v) is 18.3. The van der Waals surface area contributed by atoms with E-state index in [9.17, 15) is 46.0 Å². The summed E-state index contributed by atoms with van der Waals surface area (Å²) in [4.78, 5) is 38.0. The fraction of sp³-hybridized carbons (Fsp3) is 0.474. The van der Waals surface area contributed by atoms with Gasteiger partial charge in [0.25, 0.3) is 5.09 Å². The van der Waals surface area contributed by atoms with Crippen molar-refractivity contribution in [3.8, 4) is 11.5 Å². The lowest BCUT2D eigenvalue weighted by Gasteiger charge is -2.29. The molecule has 0 unspecified atom stereocenters. The first-order valence-electron chi connectivity index (χ1n) is 9.70. The molecular formula is C19H17F6NO10. The van der Waals surface area contributed by atoms with E-state index in [2.05, 4.69) is 23.8 Å². The number of aryl methyl sites for hydroxylation is 1. The van der Waals surface area contributed by atoms with Crippen molar-refractivity contribution in [2.24, 2.45) is 0 Å². The van der Waals surface area contributed by atoms with E-state index in [1.807, 2.05) is 0 Å². The maximum atomic E-state index is 13.5. The van der Waals surface area contributed by atoms with Crippen LogP contribution in [0.2, 0.25) is 0 Å². The third-order valence-electron chi connectivity index (χ3n) is 4.25. The Morgan fingerprint density at radius 1 is 1.14 bits per heavy atom. The Morgan fingerprint density at radius 2 is 1.81 bits per heavy atom. The van der Waals surface area contributed by atoms with Gasteiger partial charge in [0.05, 0.1) is 12.2 Å². The second kappa shape index (κ2) is 11.2. The number of hydrogen-bond acceptors (Lipinski definition) is 10. The SMILES string of the molecule is Cc1cc(OC(F)(F)F)cc2c1O[C@H](C(F)(F)F)C(C(=O)OCOC(=O)OCC[C@H](C)O[N+](=O)[O-])=C2. The largest absolute Gasteiger partial charge is 0.573 e. The van der Waals surface area contributed by atoms with Crippen molar-refractivity contribution in [3.05, 3.63) is 38.9 Å². The average Bonchev–Trinajstić information content (AvgIpc) is 2.70. The van der Waals surface area contributed by atoms with Crippen LogP contribution in [0.25, 0.3) is 6.08 Å². The molecule has 0 fully saturated rings. The predicted molar refractivity (Wildman–Crippen MR) is 102 cm³/mol. The van der Waals surface area contributed by atoms with Gasteiger partial charge in [-0.2, -0.15) is 13.2 Å². The molecule has 0 N–H and O–H groups in total. The number of rotatable bonds is 9. The minimum Gasteiger partial charge on any atom is -0.475 e.